The van der Waals surface area contributed by atoms with E-state index in [0.29, 0.717) is 22.8 Å². The lowest BCUT2D eigenvalue weighted by molar-refractivity contribution is 0.0983. The van der Waals surface area contributed by atoms with Crippen LogP contribution in [0.15, 0.2) is 47.4 Å². The molecule has 0 N–H and O–H groups in total. The predicted octanol–water partition coefficient (Wildman–Crippen LogP) is 5.57. The van der Waals surface area contributed by atoms with Crippen LogP contribution in [-0.2, 0) is 0 Å². The molecule has 0 aliphatic rings. The molecule has 2 aromatic carbocycles. The Labute approximate surface area is 185 Å². The van der Waals surface area contributed by atoms with Crippen molar-refractivity contribution < 1.29 is 9.18 Å². The van der Waals surface area contributed by atoms with E-state index < -0.39 is 0 Å². The standard InChI is InChI=1S/C21H24FN3OS2.ClH/c1-4-24(5-2)13-14-25(20(26)15-9-11-16(27-3)12-10-15)21-23-19-17(22)7-6-8-18(19)28-21;/h6-12H,4-5,13-14H2,1-3H3;1H. The number of nitrogens with zero attached hydrogens (tertiary/aromatic N) is 3. The number of para-hydroxylation sites is 1. The van der Waals surface area contributed by atoms with Crippen molar-refractivity contribution in [2.24, 2.45) is 0 Å². The van der Waals surface area contributed by atoms with Gasteiger partial charge in [0.1, 0.15) is 11.3 Å². The molecule has 1 heterocycles. The van der Waals surface area contributed by atoms with Crippen LogP contribution in [0.2, 0.25) is 0 Å². The van der Waals surface area contributed by atoms with E-state index in [1.807, 2.05) is 36.6 Å². The molecular formula is C21H25ClFN3OS2. The molecule has 0 saturated carbocycles. The SMILES string of the molecule is CCN(CC)CCN(C(=O)c1ccc(SC)cc1)c1nc2c(F)cccc2s1.Cl. The van der Waals surface area contributed by atoms with Crippen molar-refractivity contribution in [3.05, 3.63) is 53.8 Å². The maximum Gasteiger partial charge on any atom is 0.260 e. The molecule has 4 nitrogen and oxygen atoms in total. The number of halogens is 2. The van der Waals surface area contributed by atoms with Gasteiger partial charge in [0.05, 0.1) is 4.70 Å². The minimum Gasteiger partial charge on any atom is -0.302 e. The van der Waals surface area contributed by atoms with Crippen molar-refractivity contribution in [2.45, 2.75) is 18.7 Å². The fraction of sp³-hybridized carbons (Fsp3) is 0.333. The molecule has 0 bridgehead atoms. The van der Waals surface area contributed by atoms with Crippen LogP contribution >= 0.6 is 35.5 Å². The van der Waals surface area contributed by atoms with E-state index in [1.165, 1.54) is 17.4 Å². The van der Waals surface area contributed by atoms with Crippen LogP contribution in [0.3, 0.4) is 0 Å². The summed E-state index contributed by atoms with van der Waals surface area (Å²) in [6, 6.07) is 12.5. The number of fused-ring (bicyclic) bond motifs is 1. The lowest BCUT2D eigenvalue weighted by atomic mass is 10.2. The highest BCUT2D eigenvalue weighted by atomic mass is 35.5. The molecule has 0 unspecified atom stereocenters. The van der Waals surface area contributed by atoms with Crippen LogP contribution in [0.25, 0.3) is 10.2 Å². The number of likely N-dealkylation sites (N-methyl/N-ethyl adjacent to an activating group) is 1. The Kier molecular flexibility index (Phi) is 8.89. The first kappa shape index (κ1) is 23.6. The number of anilines is 1. The highest BCUT2D eigenvalue weighted by Gasteiger charge is 2.22. The molecule has 0 aliphatic carbocycles. The van der Waals surface area contributed by atoms with Crippen LogP contribution in [0.1, 0.15) is 24.2 Å². The first-order chi connectivity index (χ1) is 13.6. The minimum atomic E-state index is -0.361. The third-order valence-corrected chi connectivity index (χ3v) is 6.49. The summed E-state index contributed by atoms with van der Waals surface area (Å²) in [5.74, 6) is -0.472. The Morgan fingerprint density at radius 3 is 2.38 bits per heavy atom. The van der Waals surface area contributed by atoms with Gasteiger partial charge in [-0.3, -0.25) is 9.69 Å². The van der Waals surface area contributed by atoms with Crippen LogP contribution in [-0.4, -0.2) is 48.2 Å². The number of thiazole rings is 1. The summed E-state index contributed by atoms with van der Waals surface area (Å²) >= 11 is 2.98. The number of hydrogen-bond donors (Lipinski definition) is 0. The zero-order chi connectivity index (χ0) is 20.1. The van der Waals surface area contributed by atoms with Gasteiger partial charge in [0.25, 0.3) is 5.91 Å². The third-order valence-electron chi connectivity index (χ3n) is 4.71. The second kappa shape index (κ2) is 10.9. The first-order valence-corrected chi connectivity index (χ1v) is 11.3. The summed E-state index contributed by atoms with van der Waals surface area (Å²) in [4.78, 5) is 22.8. The van der Waals surface area contributed by atoms with E-state index in [9.17, 15) is 9.18 Å². The zero-order valence-corrected chi connectivity index (χ0v) is 19.2. The third kappa shape index (κ3) is 5.48. The van der Waals surface area contributed by atoms with E-state index >= 15 is 0 Å². The number of aromatic nitrogens is 1. The monoisotopic (exact) mass is 453 g/mol. The molecule has 3 rings (SSSR count). The van der Waals surface area contributed by atoms with Crippen molar-refractivity contribution in [1.82, 2.24) is 9.88 Å². The Hall–Kier alpha value is -1.67. The van der Waals surface area contributed by atoms with Crippen LogP contribution in [0.5, 0.6) is 0 Å². The van der Waals surface area contributed by atoms with Gasteiger partial charge in [-0.15, -0.1) is 24.2 Å². The van der Waals surface area contributed by atoms with Gasteiger partial charge in [-0.25, -0.2) is 9.37 Å². The van der Waals surface area contributed by atoms with Crippen LogP contribution in [0.4, 0.5) is 9.52 Å². The smallest absolute Gasteiger partial charge is 0.260 e. The molecule has 0 saturated heterocycles. The fourth-order valence-electron chi connectivity index (χ4n) is 2.97. The van der Waals surface area contributed by atoms with E-state index in [0.717, 1.165) is 29.2 Å². The average Bonchev–Trinajstić information content (AvgIpc) is 3.16. The summed E-state index contributed by atoms with van der Waals surface area (Å²) in [6.45, 7) is 7.27. The molecule has 0 spiro atoms. The van der Waals surface area contributed by atoms with Crippen LogP contribution in [0, 0.1) is 5.82 Å². The van der Waals surface area contributed by atoms with Crippen molar-refractivity contribution in [3.8, 4) is 0 Å². The van der Waals surface area contributed by atoms with Gasteiger partial charge in [0.2, 0.25) is 0 Å². The number of carbonyl (C=O) groups is 1. The Morgan fingerprint density at radius 2 is 1.79 bits per heavy atom. The van der Waals surface area contributed by atoms with Gasteiger partial charge in [-0.2, -0.15) is 0 Å². The van der Waals surface area contributed by atoms with Gasteiger partial charge in [-0.1, -0.05) is 31.3 Å². The molecule has 29 heavy (non-hydrogen) atoms. The lowest BCUT2D eigenvalue weighted by Crippen LogP contribution is -2.38. The molecule has 0 aliphatic heterocycles. The Bertz CT molecular complexity index is 945. The second-order valence-electron chi connectivity index (χ2n) is 6.30. The number of thioether (sulfide) groups is 1. The fourth-order valence-corrected chi connectivity index (χ4v) is 4.39. The van der Waals surface area contributed by atoms with Crippen molar-refractivity contribution in [3.63, 3.8) is 0 Å². The quantitative estimate of drug-likeness (QED) is 0.418. The van der Waals surface area contributed by atoms with Crippen molar-refractivity contribution in [2.75, 3.05) is 37.3 Å². The first-order valence-electron chi connectivity index (χ1n) is 9.30. The van der Waals surface area contributed by atoms with E-state index in [-0.39, 0.29) is 24.1 Å². The van der Waals surface area contributed by atoms with Gasteiger partial charge in [0.15, 0.2) is 5.13 Å². The number of benzene rings is 2. The van der Waals surface area contributed by atoms with Crippen molar-refractivity contribution in [1.29, 1.82) is 0 Å². The highest BCUT2D eigenvalue weighted by Crippen LogP contribution is 2.31. The second-order valence-corrected chi connectivity index (χ2v) is 8.18. The van der Waals surface area contributed by atoms with E-state index in [2.05, 4.69) is 23.7 Å². The average molecular weight is 454 g/mol. The molecule has 1 amide bonds. The largest absolute Gasteiger partial charge is 0.302 e. The summed E-state index contributed by atoms with van der Waals surface area (Å²) in [7, 11) is 0. The molecule has 0 fully saturated rings. The molecule has 1 aromatic heterocycles. The molecule has 0 radical (unpaired) electrons. The molecule has 3 aromatic rings. The number of amides is 1. The topological polar surface area (TPSA) is 36.4 Å². The molecular weight excluding hydrogens is 429 g/mol. The summed E-state index contributed by atoms with van der Waals surface area (Å²) in [5.41, 5.74) is 0.929. The molecule has 0 atom stereocenters. The summed E-state index contributed by atoms with van der Waals surface area (Å²) < 4.78 is 14.9. The van der Waals surface area contributed by atoms with Gasteiger partial charge in [-0.05, 0) is 55.7 Å². The Balaban J connectivity index is 0.00000300. The number of rotatable bonds is 8. The van der Waals surface area contributed by atoms with Crippen LogP contribution < -0.4 is 4.90 Å². The van der Waals surface area contributed by atoms with Gasteiger partial charge >= 0.3 is 0 Å². The van der Waals surface area contributed by atoms with E-state index in [1.54, 1.807) is 22.7 Å². The van der Waals surface area contributed by atoms with E-state index in [4.69, 9.17) is 0 Å². The lowest BCUT2D eigenvalue weighted by Gasteiger charge is -2.24. The molecule has 8 heteroatoms. The normalized spacial score (nSPS) is 10.9. The summed E-state index contributed by atoms with van der Waals surface area (Å²) in [6.07, 6.45) is 2.00. The summed E-state index contributed by atoms with van der Waals surface area (Å²) in [5, 5.41) is 0.534. The van der Waals surface area contributed by atoms with Gasteiger partial charge in [0, 0.05) is 23.5 Å². The predicted molar refractivity (Wildman–Crippen MR) is 125 cm³/mol. The maximum atomic E-state index is 14.1. The highest BCUT2D eigenvalue weighted by molar-refractivity contribution is 7.98. The zero-order valence-electron chi connectivity index (χ0n) is 16.7. The minimum absolute atomic E-state index is 0. The Morgan fingerprint density at radius 1 is 1.10 bits per heavy atom. The maximum absolute atomic E-state index is 14.1. The number of carbonyl (C=O) groups excluding carboxylic acids is 1. The van der Waals surface area contributed by atoms with Crippen molar-refractivity contribution >= 4 is 56.8 Å². The molecule has 156 valence electrons. The van der Waals surface area contributed by atoms with Gasteiger partial charge < -0.3 is 4.90 Å². The number of hydrogen-bond acceptors (Lipinski definition) is 5.